The molecule has 0 N–H and O–H groups in total. The van der Waals surface area contributed by atoms with Crippen LogP contribution in [0.1, 0.15) is 13.7 Å². The predicted octanol–water partition coefficient (Wildman–Crippen LogP) is 17.2. The second-order valence-electron chi connectivity index (χ2n) is 15.8. The van der Waals surface area contributed by atoms with E-state index in [1.807, 2.05) is 42.5 Å². The second kappa shape index (κ2) is 15.8. The van der Waals surface area contributed by atoms with Gasteiger partial charge in [0.2, 0.25) is 0 Å². The monoisotopic (exact) mass is 824 g/mol. The van der Waals surface area contributed by atoms with Gasteiger partial charge in [-0.1, -0.05) is 194 Å². The summed E-state index contributed by atoms with van der Waals surface area (Å²) in [4.78, 5) is 2.06. The predicted molar refractivity (Wildman–Crippen MR) is 272 cm³/mol. The van der Waals surface area contributed by atoms with Crippen LogP contribution in [0.2, 0.25) is 0 Å². The maximum atomic E-state index is 8.63. The average molecular weight is 825 g/mol. The Balaban J connectivity index is 0.939. The Labute approximate surface area is 387 Å². The molecule has 0 saturated carbocycles. The van der Waals surface area contributed by atoms with Crippen LogP contribution in [-0.4, -0.2) is 4.57 Å². The number of hydrogen-bond acceptors (Lipinski definition) is 1. The van der Waals surface area contributed by atoms with E-state index in [1.165, 1.54) is 21.5 Å². The molecule has 12 aromatic rings. The number of hydrogen-bond donors (Lipinski definition) is 0. The molecule has 0 aliphatic rings. The zero-order valence-corrected chi connectivity index (χ0v) is 34.4. The van der Waals surface area contributed by atoms with Gasteiger partial charge in [-0.3, -0.25) is 0 Å². The van der Waals surface area contributed by atoms with E-state index in [0.717, 1.165) is 55.4 Å². The zero-order valence-electron chi connectivity index (χ0n) is 44.4. The van der Waals surface area contributed by atoms with E-state index < -0.39 is 36.3 Å². The maximum Gasteiger partial charge on any atom is 0.0629 e. The van der Waals surface area contributed by atoms with Gasteiger partial charge in [-0.25, -0.2) is 0 Å². The Hall–Kier alpha value is -8.46. The molecule has 0 radical (unpaired) electrons. The summed E-state index contributed by atoms with van der Waals surface area (Å²) in [5.41, 5.74) is 11.0. The van der Waals surface area contributed by atoms with Gasteiger partial charge in [0, 0.05) is 33.2 Å². The molecule has 2 nitrogen and oxygen atoms in total. The fourth-order valence-corrected chi connectivity index (χ4v) is 9.10. The topological polar surface area (TPSA) is 8.17 Å². The van der Waals surface area contributed by atoms with Crippen LogP contribution in [0, 0.1) is 0 Å². The van der Waals surface area contributed by atoms with E-state index in [1.54, 1.807) is 24.3 Å². The Morgan fingerprint density at radius 3 is 1.56 bits per heavy atom. The molecule has 0 atom stereocenters. The largest absolute Gasteiger partial charge is 0.310 e. The van der Waals surface area contributed by atoms with Crippen LogP contribution >= 0.6 is 0 Å². The van der Waals surface area contributed by atoms with Crippen LogP contribution in [0.4, 0.5) is 17.1 Å². The fraction of sp³-hybridized carbons (Fsp3) is 0. The van der Waals surface area contributed by atoms with Crippen molar-refractivity contribution in [1.82, 2.24) is 4.57 Å². The van der Waals surface area contributed by atoms with Crippen LogP contribution in [-0.2, 0) is 0 Å². The number of anilines is 3. The molecule has 1 aromatic heterocycles. The molecule has 1 heterocycles. The Bertz CT molecular complexity index is 4070. The third-order valence-electron chi connectivity index (χ3n) is 12.2. The molecule has 0 spiro atoms. The molecular weight excluding hydrogens is 773 g/mol. The Kier molecular flexibility index (Phi) is 6.95. The van der Waals surface area contributed by atoms with Crippen molar-refractivity contribution >= 4 is 60.4 Å². The first kappa shape index (κ1) is 28.2. The van der Waals surface area contributed by atoms with Crippen LogP contribution in [0.25, 0.3) is 93.5 Å². The van der Waals surface area contributed by atoms with E-state index in [9.17, 15) is 0 Å². The molecule has 0 fully saturated rings. The van der Waals surface area contributed by atoms with Gasteiger partial charge >= 0.3 is 0 Å². The average Bonchev–Trinajstić information content (AvgIpc) is 3.77. The van der Waals surface area contributed by atoms with Crippen molar-refractivity contribution in [3.8, 4) is 50.2 Å². The second-order valence-corrected chi connectivity index (χ2v) is 15.8. The summed E-state index contributed by atoms with van der Waals surface area (Å²) in [5, 5.41) is 6.69. The van der Waals surface area contributed by atoms with Crippen LogP contribution in [0.15, 0.2) is 255 Å². The van der Waals surface area contributed by atoms with Crippen molar-refractivity contribution in [3.05, 3.63) is 255 Å². The number of fused-ring (bicyclic) bond motifs is 5. The first-order chi connectivity index (χ1) is 35.9. The van der Waals surface area contributed by atoms with Gasteiger partial charge in [-0.2, -0.15) is 0 Å². The van der Waals surface area contributed by atoms with Crippen molar-refractivity contribution in [2.75, 3.05) is 4.90 Å². The number of rotatable bonds is 8. The third-order valence-corrected chi connectivity index (χ3v) is 12.2. The smallest absolute Gasteiger partial charge is 0.0629 e. The quantitative estimate of drug-likeness (QED) is 0.148. The van der Waals surface area contributed by atoms with E-state index in [2.05, 4.69) is 137 Å². The fourth-order valence-electron chi connectivity index (χ4n) is 9.10. The lowest BCUT2D eigenvalue weighted by Gasteiger charge is -2.27. The third kappa shape index (κ3) is 6.61. The zero-order chi connectivity index (χ0) is 51.1. The van der Waals surface area contributed by atoms with Crippen molar-refractivity contribution in [3.63, 3.8) is 0 Å². The van der Waals surface area contributed by atoms with E-state index >= 15 is 0 Å². The van der Waals surface area contributed by atoms with Crippen molar-refractivity contribution < 1.29 is 13.7 Å². The van der Waals surface area contributed by atoms with E-state index in [0.29, 0.717) is 22.5 Å². The Morgan fingerprint density at radius 2 is 0.859 bits per heavy atom. The lowest BCUT2D eigenvalue weighted by atomic mass is 9.94. The van der Waals surface area contributed by atoms with Gasteiger partial charge in [-0.15, -0.1) is 0 Å². The van der Waals surface area contributed by atoms with Gasteiger partial charge in [0.25, 0.3) is 0 Å². The minimum absolute atomic E-state index is 0.100. The summed E-state index contributed by atoms with van der Waals surface area (Å²) in [6.45, 7) is 0. The lowest BCUT2D eigenvalue weighted by Crippen LogP contribution is -2.10. The van der Waals surface area contributed by atoms with Crippen LogP contribution in [0.5, 0.6) is 0 Å². The highest BCUT2D eigenvalue weighted by atomic mass is 15.1. The van der Waals surface area contributed by atoms with Crippen molar-refractivity contribution in [1.29, 1.82) is 0 Å². The summed E-state index contributed by atoms with van der Waals surface area (Å²) in [6.07, 6.45) is 0. The van der Waals surface area contributed by atoms with Gasteiger partial charge in [0.15, 0.2) is 0 Å². The van der Waals surface area contributed by atoms with Crippen molar-refractivity contribution in [2.24, 2.45) is 0 Å². The molecule has 0 aliphatic heterocycles. The van der Waals surface area contributed by atoms with Crippen LogP contribution in [0.3, 0.4) is 0 Å². The summed E-state index contributed by atoms with van der Waals surface area (Å²) >= 11 is 0. The standard InChI is InChI=1S/C62H42N2/c1-3-13-43(14-4-1)46-29-35-52(36-30-46)63(53-37-31-47(32-38-53)44-15-5-2-6-16-44)60-24-12-21-56-55(20-11-22-57(56)60)49-27-25-48(26-28-49)51-34-40-62-59(42-51)58-19-9-10-23-61(58)64(62)54-39-33-45-17-7-8-18-50(45)41-54/h1-42H/i1D,2D,3D,4D,5D,6D,13D,14D,15D,16D. The first-order valence-corrected chi connectivity index (χ1v) is 21.2. The lowest BCUT2D eigenvalue weighted by molar-refractivity contribution is 1.19. The van der Waals surface area contributed by atoms with Gasteiger partial charge in [-0.05, 0) is 121 Å². The maximum absolute atomic E-state index is 8.63. The molecular formula is C62H42N2. The normalized spacial score (nSPS) is 13.6. The molecule has 12 rings (SSSR count). The van der Waals surface area contributed by atoms with Gasteiger partial charge < -0.3 is 9.47 Å². The molecule has 0 aliphatic carbocycles. The molecule has 0 bridgehead atoms. The van der Waals surface area contributed by atoms with E-state index in [-0.39, 0.29) is 35.3 Å². The minimum atomic E-state index is -0.458. The minimum Gasteiger partial charge on any atom is -0.310 e. The van der Waals surface area contributed by atoms with E-state index in [4.69, 9.17) is 13.7 Å². The molecule has 2 heteroatoms. The number of aromatic nitrogens is 1. The highest BCUT2D eigenvalue weighted by Crippen LogP contribution is 2.43. The SMILES string of the molecule is [2H]c1c([2H])c([2H])c(-c2ccc(N(c3ccc(-c4c([2H])c([2H])c([2H])c([2H])c4[2H])cc3)c3cccc4c(-c5ccc(-c6ccc7c(c6)c6ccccc6n7-c6ccc7ccccc7c6)cc5)cccc34)cc2)c([2H])c1[2H]. The molecule has 64 heavy (non-hydrogen) atoms. The summed E-state index contributed by atoms with van der Waals surface area (Å²) in [6, 6.07) is 62.0. The molecule has 0 amide bonds. The van der Waals surface area contributed by atoms with Crippen molar-refractivity contribution in [2.45, 2.75) is 0 Å². The van der Waals surface area contributed by atoms with Gasteiger partial charge in [0.05, 0.1) is 30.4 Å². The summed E-state index contributed by atoms with van der Waals surface area (Å²) in [5.74, 6) is 0. The van der Waals surface area contributed by atoms with Crippen LogP contribution < -0.4 is 4.90 Å². The molecule has 0 saturated heterocycles. The Morgan fingerprint density at radius 1 is 0.328 bits per heavy atom. The highest BCUT2D eigenvalue weighted by Gasteiger charge is 2.18. The highest BCUT2D eigenvalue weighted by molar-refractivity contribution is 6.11. The summed E-state index contributed by atoms with van der Waals surface area (Å²) in [7, 11) is 0. The number of para-hydroxylation sites is 1. The molecule has 11 aromatic carbocycles. The number of nitrogens with zero attached hydrogens (tertiary/aromatic N) is 2. The number of benzene rings is 11. The molecule has 300 valence electrons. The molecule has 0 unspecified atom stereocenters. The van der Waals surface area contributed by atoms with Gasteiger partial charge in [0.1, 0.15) is 0 Å². The summed E-state index contributed by atoms with van der Waals surface area (Å²) < 4.78 is 86.3. The first-order valence-electron chi connectivity index (χ1n) is 26.2.